The first-order valence-electron chi connectivity index (χ1n) is 7.52. The van der Waals surface area contributed by atoms with E-state index < -0.39 is 0 Å². The minimum Gasteiger partial charge on any atom is -0.364 e. The number of hydrogen-bond donors (Lipinski definition) is 1. The highest BCUT2D eigenvalue weighted by Crippen LogP contribution is 2.42. The van der Waals surface area contributed by atoms with Gasteiger partial charge in [0.15, 0.2) is 0 Å². The van der Waals surface area contributed by atoms with Gasteiger partial charge in [0, 0.05) is 23.2 Å². The monoisotopic (exact) mass is 300 g/mol. The lowest BCUT2D eigenvalue weighted by molar-refractivity contribution is 0.606. The van der Waals surface area contributed by atoms with E-state index in [1.54, 1.807) is 0 Å². The number of anilines is 1. The first-order valence-corrected chi connectivity index (χ1v) is 7.89. The summed E-state index contributed by atoms with van der Waals surface area (Å²) in [5, 5.41) is 0.786. The molecule has 2 aromatic carbocycles. The van der Waals surface area contributed by atoms with Gasteiger partial charge in [-0.3, -0.25) is 0 Å². The smallest absolute Gasteiger partial charge is 0.0514 e. The Morgan fingerprint density at radius 3 is 2.62 bits per heavy atom. The third-order valence-electron chi connectivity index (χ3n) is 4.44. The quantitative estimate of drug-likeness (QED) is 0.909. The predicted molar refractivity (Wildman–Crippen MR) is 90.1 cm³/mol. The van der Waals surface area contributed by atoms with Crippen molar-refractivity contribution in [3.8, 4) is 0 Å². The van der Waals surface area contributed by atoms with Crippen molar-refractivity contribution in [1.82, 2.24) is 0 Å². The Labute approximate surface area is 131 Å². The number of para-hydroxylation sites is 1. The van der Waals surface area contributed by atoms with Gasteiger partial charge < -0.3 is 10.6 Å². The highest BCUT2D eigenvalue weighted by molar-refractivity contribution is 6.30. The summed E-state index contributed by atoms with van der Waals surface area (Å²) in [7, 11) is 0. The molecule has 0 saturated carbocycles. The van der Waals surface area contributed by atoms with Crippen molar-refractivity contribution < 1.29 is 0 Å². The maximum atomic E-state index is 5.99. The minimum atomic E-state index is 0.339. The van der Waals surface area contributed by atoms with Crippen LogP contribution in [0.3, 0.4) is 0 Å². The first kappa shape index (κ1) is 14.4. The lowest BCUT2D eigenvalue weighted by atomic mass is 9.98. The van der Waals surface area contributed by atoms with E-state index in [0.29, 0.717) is 12.0 Å². The molecule has 2 atom stereocenters. The Balaban J connectivity index is 1.90. The zero-order chi connectivity index (χ0) is 14.8. The van der Waals surface area contributed by atoms with E-state index in [2.05, 4.69) is 48.2 Å². The molecular weight excluding hydrogens is 280 g/mol. The van der Waals surface area contributed by atoms with Crippen LogP contribution in [0.5, 0.6) is 0 Å². The van der Waals surface area contributed by atoms with E-state index in [9.17, 15) is 0 Å². The third kappa shape index (κ3) is 2.78. The lowest BCUT2D eigenvalue weighted by Gasteiger charge is -2.28. The summed E-state index contributed by atoms with van der Waals surface area (Å²) in [6.45, 7) is 4.04. The third-order valence-corrected chi connectivity index (χ3v) is 4.69. The number of hydrogen-bond acceptors (Lipinski definition) is 2. The van der Waals surface area contributed by atoms with Crippen LogP contribution in [0, 0.1) is 0 Å². The average molecular weight is 301 g/mol. The van der Waals surface area contributed by atoms with Crippen molar-refractivity contribution in [2.24, 2.45) is 5.73 Å². The van der Waals surface area contributed by atoms with Gasteiger partial charge in [0.05, 0.1) is 6.04 Å². The van der Waals surface area contributed by atoms with Gasteiger partial charge in [-0.2, -0.15) is 0 Å². The van der Waals surface area contributed by atoms with Gasteiger partial charge in [0.1, 0.15) is 0 Å². The van der Waals surface area contributed by atoms with Crippen LogP contribution < -0.4 is 10.6 Å². The Morgan fingerprint density at radius 2 is 1.90 bits per heavy atom. The van der Waals surface area contributed by atoms with Crippen LogP contribution in [-0.2, 0) is 0 Å². The molecule has 110 valence electrons. The predicted octanol–water partition coefficient (Wildman–Crippen LogP) is 4.35. The van der Waals surface area contributed by atoms with E-state index in [-0.39, 0.29) is 0 Å². The van der Waals surface area contributed by atoms with E-state index in [1.165, 1.54) is 16.8 Å². The second-order valence-electron chi connectivity index (χ2n) is 5.71. The molecule has 0 aliphatic carbocycles. The van der Waals surface area contributed by atoms with Crippen LogP contribution in [0.25, 0.3) is 0 Å². The molecule has 0 amide bonds. The molecule has 0 fully saturated rings. The summed E-state index contributed by atoms with van der Waals surface area (Å²) in [6, 6.07) is 17.2. The van der Waals surface area contributed by atoms with Crippen LogP contribution in [0.15, 0.2) is 48.5 Å². The van der Waals surface area contributed by atoms with Crippen LogP contribution >= 0.6 is 11.6 Å². The zero-order valence-electron chi connectivity index (χ0n) is 12.3. The summed E-state index contributed by atoms with van der Waals surface area (Å²) >= 11 is 5.99. The maximum absolute atomic E-state index is 5.99. The number of benzene rings is 2. The van der Waals surface area contributed by atoms with Gasteiger partial charge in [-0.15, -0.1) is 0 Å². The molecule has 0 saturated heterocycles. The van der Waals surface area contributed by atoms with Crippen molar-refractivity contribution in [2.75, 3.05) is 18.0 Å². The van der Waals surface area contributed by atoms with Gasteiger partial charge in [0.25, 0.3) is 0 Å². The molecule has 3 heteroatoms. The van der Waals surface area contributed by atoms with Crippen molar-refractivity contribution in [1.29, 1.82) is 0 Å². The molecule has 2 nitrogen and oxygen atoms in total. The normalized spacial score (nSPS) is 18.6. The largest absolute Gasteiger partial charge is 0.364 e. The molecule has 2 aromatic rings. The van der Waals surface area contributed by atoms with E-state index in [0.717, 1.165) is 24.5 Å². The fourth-order valence-electron chi connectivity index (χ4n) is 3.26. The van der Waals surface area contributed by atoms with Crippen molar-refractivity contribution in [3.05, 3.63) is 64.7 Å². The summed E-state index contributed by atoms with van der Waals surface area (Å²) in [5.74, 6) is 0.543. The summed E-state index contributed by atoms with van der Waals surface area (Å²) in [6.07, 6.45) is 1.04. The SMILES string of the molecule is CC(c1ccc(Cl)cc1)N1CC(CCN)c2ccccc21. The molecule has 0 bridgehead atoms. The Hall–Kier alpha value is -1.51. The van der Waals surface area contributed by atoms with Gasteiger partial charge in [0.2, 0.25) is 0 Å². The van der Waals surface area contributed by atoms with Crippen LogP contribution in [-0.4, -0.2) is 13.1 Å². The summed E-state index contributed by atoms with van der Waals surface area (Å²) in [4.78, 5) is 2.49. The second kappa shape index (κ2) is 6.08. The molecule has 1 aliphatic heterocycles. The summed E-state index contributed by atoms with van der Waals surface area (Å²) < 4.78 is 0. The van der Waals surface area contributed by atoms with Crippen LogP contribution in [0.4, 0.5) is 5.69 Å². The number of rotatable bonds is 4. The molecule has 0 aromatic heterocycles. The number of halogens is 1. The average Bonchev–Trinajstić information content (AvgIpc) is 2.87. The van der Waals surface area contributed by atoms with E-state index >= 15 is 0 Å². The van der Waals surface area contributed by atoms with E-state index in [1.807, 2.05) is 12.1 Å². The highest BCUT2D eigenvalue weighted by atomic mass is 35.5. The van der Waals surface area contributed by atoms with Gasteiger partial charge >= 0.3 is 0 Å². The molecular formula is C18H21ClN2. The van der Waals surface area contributed by atoms with Crippen molar-refractivity contribution >= 4 is 17.3 Å². The van der Waals surface area contributed by atoms with Gasteiger partial charge in [-0.05, 0) is 49.2 Å². The Kier molecular flexibility index (Phi) is 4.18. The molecule has 21 heavy (non-hydrogen) atoms. The molecule has 1 aliphatic rings. The fraction of sp³-hybridized carbons (Fsp3) is 0.333. The van der Waals surface area contributed by atoms with Gasteiger partial charge in [-0.25, -0.2) is 0 Å². The molecule has 2 unspecified atom stereocenters. The summed E-state index contributed by atoms with van der Waals surface area (Å²) in [5.41, 5.74) is 9.86. The highest BCUT2D eigenvalue weighted by Gasteiger charge is 2.30. The topological polar surface area (TPSA) is 29.3 Å². The van der Waals surface area contributed by atoms with Crippen LogP contribution in [0.2, 0.25) is 5.02 Å². The lowest BCUT2D eigenvalue weighted by Crippen LogP contribution is -2.26. The van der Waals surface area contributed by atoms with Crippen molar-refractivity contribution in [3.63, 3.8) is 0 Å². The number of fused-ring (bicyclic) bond motifs is 1. The van der Waals surface area contributed by atoms with Gasteiger partial charge in [-0.1, -0.05) is 41.9 Å². The maximum Gasteiger partial charge on any atom is 0.0514 e. The molecule has 0 spiro atoms. The standard InChI is InChI=1S/C18H21ClN2/c1-13(14-6-8-16(19)9-7-14)21-12-15(10-11-20)17-4-2-3-5-18(17)21/h2-9,13,15H,10-12,20H2,1H3. The second-order valence-corrected chi connectivity index (χ2v) is 6.15. The Morgan fingerprint density at radius 1 is 1.19 bits per heavy atom. The van der Waals surface area contributed by atoms with Crippen molar-refractivity contribution in [2.45, 2.75) is 25.3 Å². The molecule has 1 heterocycles. The molecule has 2 N–H and O–H groups in total. The first-order chi connectivity index (χ1) is 10.2. The number of nitrogens with two attached hydrogens (primary N) is 1. The number of nitrogens with zero attached hydrogens (tertiary/aromatic N) is 1. The Bertz CT molecular complexity index is 609. The fourth-order valence-corrected chi connectivity index (χ4v) is 3.39. The van der Waals surface area contributed by atoms with E-state index in [4.69, 9.17) is 17.3 Å². The zero-order valence-corrected chi connectivity index (χ0v) is 13.1. The molecule has 3 rings (SSSR count). The molecule has 0 radical (unpaired) electrons. The minimum absolute atomic E-state index is 0.339. The van der Waals surface area contributed by atoms with Crippen LogP contribution in [0.1, 0.15) is 36.4 Å².